The van der Waals surface area contributed by atoms with Gasteiger partial charge in [-0.25, -0.2) is 9.37 Å². The maximum absolute atomic E-state index is 14.2. The number of aliphatic hydroxyl groups excluding tert-OH is 1. The van der Waals surface area contributed by atoms with Crippen LogP contribution in [0.1, 0.15) is 29.5 Å². The molecule has 0 fully saturated rings. The monoisotopic (exact) mass is 418 g/mol. The Balaban J connectivity index is 1.99. The van der Waals surface area contributed by atoms with E-state index in [4.69, 9.17) is 0 Å². The van der Waals surface area contributed by atoms with E-state index >= 15 is 0 Å². The molecule has 0 bridgehead atoms. The molecule has 3 rings (SSSR count). The quantitative estimate of drug-likeness (QED) is 0.713. The average molecular weight is 419 g/mol. The number of rotatable bonds is 3. The standard InChI is InChI=1S/C17H15BrF4N2O/c18-12-3-4-13-10(6-12)2-1-5-16(13,9-25)24-15-14(19)7-11(8-23-15)17(20,21)22/h3-4,6-8,25H,1-2,5,9H2,(H,23,24)/t16-/m1/s1. The molecule has 2 aromatic rings. The number of benzene rings is 1. The van der Waals surface area contributed by atoms with Gasteiger partial charge in [-0.1, -0.05) is 22.0 Å². The van der Waals surface area contributed by atoms with Gasteiger partial charge in [0, 0.05) is 10.7 Å². The van der Waals surface area contributed by atoms with Gasteiger partial charge in [0.1, 0.15) is 0 Å². The smallest absolute Gasteiger partial charge is 0.394 e. The molecule has 1 atom stereocenters. The van der Waals surface area contributed by atoms with Gasteiger partial charge < -0.3 is 10.4 Å². The van der Waals surface area contributed by atoms with Crippen molar-refractivity contribution in [1.29, 1.82) is 0 Å². The van der Waals surface area contributed by atoms with E-state index in [9.17, 15) is 22.7 Å². The fourth-order valence-electron chi connectivity index (χ4n) is 3.20. The third-order valence-corrected chi connectivity index (χ3v) is 4.92. The number of aromatic nitrogens is 1. The van der Waals surface area contributed by atoms with E-state index in [-0.39, 0.29) is 12.4 Å². The lowest BCUT2D eigenvalue weighted by Crippen LogP contribution is -2.42. The Labute approximate surface area is 150 Å². The van der Waals surface area contributed by atoms with E-state index in [0.717, 1.165) is 28.4 Å². The molecule has 134 valence electrons. The molecule has 8 heteroatoms. The van der Waals surface area contributed by atoms with Crippen molar-refractivity contribution in [1.82, 2.24) is 4.98 Å². The summed E-state index contributed by atoms with van der Waals surface area (Å²) in [6.07, 6.45) is -2.01. The molecule has 1 aliphatic carbocycles. The van der Waals surface area contributed by atoms with Crippen LogP contribution in [0.2, 0.25) is 0 Å². The van der Waals surface area contributed by atoms with Crippen LogP contribution in [0.15, 0.2) is 34.9 Å². The topological polar surface area (TPSA) is 45.1 Å². The van der Waals surface area contributed by atoms with Crippen molar-refractivity contribution in [2.45, 2.75) is 31.0 Å². The summed E-state index contributed by atoms with van der Waals surface area (Å²) in [5.74, 6) is -1.41. The molecule has 1 heterocycles. The second-order valence-electron chi connectivity index (χ2n) is 6.07. The Hall–Kier alpha value is -1.67. The number of anilines is 1. The number of nitrogens with one attached hydrogen (secondary N) is 1. The SMILES string of the molecule is OC[C@]1(Nc2ncc(C(F)(F)F)cc2F)CCCc2cc(Br)ccc21. The van der Waals surface area contributed by atoms with E-state index in [0.29, 0.717) is 18.7 Å². The number of aliphatic hydroxyl groups is 1. The van der Waals surface area contributed by atoms with Crippen LogP contribution < -0.4 is 5.32 Å². The van der Waals surface area contributed by atoms with Crippen molar-refractivity contribution >= 4 is 21.7 Å². The molecule has 2 N–H and O–H groups in total. The van der Waals surface area contributed by atoms with Gasteiger partial charge in [0.2, 0.25) is 0 Å². The first-order valence-electron chi connectivity index (χ1n) is 7.66. The largest absolute Gasteiger partial charge is 0.417 e. The van der Waals surface area contributed by atoms with Crippen LogP contribution in [0.4, 0.5) is 23.4 Å². The summed E-state index contributed by atoms with van der Waals surface area (Å²) in [5, 5.41) is 12.8. The molecule has 0 unspecified atom stereocenters. The van der Waals surface area contributed by atoms with Crippen LogP contribution in [0, 0.1) is 5.82 Å². The highest BCUT2D eigenvalue weighted by Crippen LogP contribution is 2.39. The summed E-state index contributed by atoms with van der Waals surface area (Å²) >= 11 is 3.39. The lowest BCUT2D eigenvalue weighted by molar-refractivity contribution is -0.138. The van der Waals surface area contributed by atoms with Gasteiger partial charge in [-0.15, -0.1) is 0 Å². The summed E-state index contributed by atoms with van der Waals surface area (Å²) in [6.45, 7) is -0.330. The van der Waals surface area contributed by atoms with Crippen LogP contribution in [-0.2, 0) is 18.1 Å². The maximum atomic E-state index is 14.2. The zero-order valence-corrected chi connectivity index (χ0v) is 14.6. The third kappa shape index (κ3) is 3.50. The van der Waals surface area contributed by atoms with Crippen molar-refractivity contribution in [3.8, 4) is 0 Å². The fraction of sp³-hybridized carbons (Fsp3) is 0.353. The first-order valence-corrected chi connectivity index (χ1v) is 8.45. The van der Waals surface area contributed by atoms with Crippen LogP contribution in [0.25, 0.3) is 0 Å². The van der Waals surface area contributed by atoms with Gasteiger partial charge in [0.15, 0.2) is 11.6 Å². The lowest BCUT2D eigenvalue weighted by atomic mass is 9.77. The Morgan fingerprint density at radius 3 is 2.68 bits per heavy atom. The van der Waals surface area contributed by atoms with E-state index in [2.05, 4.69) is 26.2 Å². The molecule has 3 nitrogen and oxygen atoms in total. The summed E-state index contributed by atoms with van der Waals surface area (Å²) in [7, 11) is 0. The van der Waals surface area contributed by atoms with Gasteiger partial charge in [0.25, 0.3) is 0 Å². The third-order valence-electron chi connectivity index (χ3n) is 4.43. The van der Waals surface area contributed by atoms with Crippen molar-refractivity contribution in [3.63, 3.8) is 0 Å². The molecule has 0 saturated carbocycles. The number of hydrogen-bond donors (Lipinski definition) is 2. The zero-order chi connectivity index (χ0) is 18.2. The van der Waals surface area contributed by atoms with Gasteiger partial charge in [-0.05, 0) is 48.6 Å². The number of hydrogen-bond acceptors (Lipinski definition) is 3. The fourth-order valence-corrected chi connectivity index (χ4v) is 3.60. The minimum Gasteiger partial charge on any atom is -0.394 e. The van der Waals surface area contributed by atoms with Crippen molar-refractivity contribution < 1.29 is 22.7 Å². The number of alkyl halides is 3. The molecule has 1 aromatic heterocycles. The van der Waals surface area contributed by atoms with Gasteiger partial charge in [0.05, 0.1) is 17.7 Å². The second-order valence-corrected chi connectivity index (χ2v) is 6.99. The van der Waals surface area contributed by atoms with Crippen molar-refractivity contribution in [2.24, 2.45) is 0 Å². The highest BCUT2D eigenvalue weighted by Gasteiger charge is 2.38. The number of aryl methyl sites for hydroxylation is 1. The van der Waals surface area contributed by atoms with E-state index in [1.54, 1.807) is 0 Å². The average Bonchev–Trinajstić information content (AvgIpc) is 2.55. The molecular formula is C17H15BrF4N2O. The van der Waals surface area contributed by atoms with Crippen molar-refractivity contribution in [3.05, 3.63) is 57.4 Å². The van der Waals surface area contributed by atoms with Gasteiger partial charge in [-0.3, -0.25) is 0 Å². The Morgan fingerprint density at radius 1 is 1.28 bits per heavy atom. The molecule has 1 aliphatic rings. The van der Waals surface area contributed by atoms with Gasteiger partial charge in [-0.2, -0.15) is 13.2 Å². The summed E-state index contributed by atoms with van der Waals surface area (Å²) in [4.78, 5) is 3.60. The normalized spacial score (nSPS) is 20.2. The molecule has 0 saturated heterocycles. The highest BCUT2D eigenvalue weighted by atomic mass is 79.9. The minimum atomic E-state index is -4.66. The second kappa shape index (κ2) is 6.57. The van der Waals surface area contributed by atoms with Gasteiger partial charge >= 0.3 is 6.18 Å². The number of pyridine rings is 1. The molecule has 0 aliphatic heterocycles. The summed E-state index contributed by atoms with van der Waals surface area (Å²) in [6, 6.07) is 5.97. The molecule has 0 spiro atoms. The zero-order valence-electron chi connectivity index (χ0n) is 13.0. The van der Waals surface area contributed by atoms with Crippen LogP contribution in [0.3, 0.4) is 0 Å². The Bertz CT molecular complexity index is 797. The summed E-state index contributed by atoms with van der Waals surface area (Å²) < 4.78 is 53.0. The highest BCUT2D eigenvalue weighted by molar-refractivity contribution is 9.10. The molecule has 1 aromatic carbocycles. The molecule has 25 heavy (non-hydrogen) atoms. The number of halogens is 5. The molecule has 0 radical (unpaired) electrons. The number of nitrogens with zero attached hydrogens (tertiary/aromatic N) is 1. The van der Waals surface area contributed by atoms with Crippen LogP contribution >= 0.6 is 15.9 Å². The number of fused-ring (bicyclic) bond motifs is 1. The summed E-state index contributed by atoms with van der Waals surface area (Å²) in [5.41, 5.74) is -0.344. The van der Waals surface area contributed by atoms with E-state index in [1.807, 2.05) is 18.2 Å². The Kier molecular flexibility index (Phi) is 4.76. The maximum Gasteiger partial charge on any atom is 0.417 e. The van der Waals surface area contributed by atoms with Crippen molar-refractivity contribution in [2.75, 3.05) is 11.9 Å². The molecule has 0 amide bonds. The van der Waals surface area contributed by atoms with Crippen LogP contribution in [-0.4, -0.2) is 16.7 Å². The van der Waals surface area contributed by atoms with E-state index < -0.39 is 23.1 Å². The molecular weight excluding hydrogens is 404 g/mol. The Morgan fingerprint density at radius 2 is 2.04 bits per heavy atom. The minimum absolute atomic E-state index is 0.308. The predicted octanol–water partition coefficient (Wildman–Crippen LogP) is 4.64. The lowest BCUT2D eigenvalue weighted by Gasteiger charge is -2.39. The first kappa shape index (κ1) is 18.1. The first-order chi connectivity index (χ1) is 11.7. The van der Waals surface area contributed by atoms with E-state index in [1.165, 1.54) is 0 Å². The predicted molar refractivity (Wildman–Crippen MR) is 88.7 cm³/mol. The van der Waals surface area contributed by atoms with Crippen LogP contribution in [0.5, 0.6) is 0 Å².